The first kappa shape index (κ1) is 21.0. The van der Waals surface area contributed by atoms with Gasteiger partial charge in [-0.3, -0.25) is 19.7 Å². The summed E-state index contributed by atoms with van der Waals surface area (Å²) >= 11 is 5.79. The van der Waals surface area contributed by atoms with Crippen molar-refractivity contribution in [2.45, 2.75) is 26.3 Å². The average molecular weight is 403 g/mol. The van der Waals surface area contributed by atoms with Gasteiger partial charge in [-0.15, -0.1) is 0 Å². The van der Waals surface area contributed by atoms with Crippen LogP contribution in [-0.2, 0) is 4.79 Å². The van der Waals surface area contributed by atoms with Gasteiger partial charge in [0.05, 0.1) is 17.4 Å². The predicted molar refractivity (Wildman–Crippen MR) is 106 cm³/mol. The first-order valence-electron chi connectivity index (χ1n) is 8.39. The fourth-order valence-electron chi connectivity index (χ4n) is 2.40. The molecule has 2 rings (SSSR count). The molecular formula is C19H19ClN4O4. The Hall–Kier alpha value is -3.26. The first-order chi connectivity index (χ1) is 13.3. The number of carbonyl (C=O) groups excluding carboxylic acids is 2. The van der Waals surface area contributed by atoms with Crippen LogP contribution in [0.5, 0.6) is 0 Å². The molecule has 8 nitrogen and oxygen atoms in total. The van der Waals surface area contributed by atoms with E-state index >= 15 is 0 Å². The smallest absolute Gasteiger partial charge is 0.287 e. The Kier molecular flexibility index (Phi) is 7.22. The molecule has 2 aromatic carbocycles. The van der Waals surface area contributed by atoms with Crippen LogP contribution in [0.4, 0.5) is 5.69 Å². The number of hydrazone groups is 1. The van der Waals surface area contributed by atoms with Crippen LogP contribution in [0.25, 0.3) is 0 Å². The molecule has 0 radical (unpaired) electrons. The quantitative estimate of drug-likeness (QED) is 0.418. The van der Waals surface area contributed by atoms with Gasteiger partial charge in [-0.05, 0) is 31.5 Å². The highest BCUT2D eigenvalue weighted by Gasteiger charge is 2.15. The molecule has 28 heavy (non-hydrogen) atoms. The number of amides is 2. The molecule has 0 unspecified atom stereocenters. The summed E-state index contributed by atoms with van der Waals surface area (Å²) in [6.45, 7) is 3.48. The molecule has 9 heteroatoms. The number of hydrogen-bond acceptors (Lipinski definition) is 5. The molecule has 146 valence electrons. The molecule has 2 aromatic rings. The fourth-order valence-corrected chi connectivity index (χ4v) is 2.65. The number of carbonyl (C=O) groups is 2. The Bertz CT molecular complexity index is 915. The Morgan fingerprint density at radius 3 is 2.50 bits per heavy atom. The molecule has 0 aliphatic heterocycles. The van der Waals surface area contributed by atoms with E-state index in [2.05, 4.69) is 15.8 Å². The molecule has 2 N–H and O–H groups in total. The topological polar surface area (TPSA) is 114 Å². The maximum atomic E-state index is 12.1. The van der Waals surface area contributed by atoms with E-state index in [0.717, 1.165) is 11.6 Å². The van der Waals surface area contributed by atoms with Crippen molar-refractivity contribution in [1.29, 1.82) is 0 Å². The number of nitro groups is 1. The molecule has 0 heterocycles. The lowest BCUT2D eigenvalue weighted by Crippen LogP contribution is -2.28. The monoisotopic (exact) mass is 402 g/mol. The third-order valence-electron chi connectivity index (χ3n) is 3.85. The number of rotatable bonds is 7. The molecule has 0 saturated heterocycles. The van der Waals surface area contributed by atoms with E-state index < -0.39 is 10.8 Å². The van der Waals surface area contributed by atoms with Crippen molar-refractivity contribution in [2.75, 3.05) is 0 Å². The van der Waals surface area contributed by atoms with Crippen molar-refractivity contribution in [3.05, 3.63) is 74.8 Å². The maximum absolute atomic E-state index is 12.1. The van der Waals surface area contributed by atoms with Gasteiger partial charge in [0.1, 0.15) is 5.02 Å². The van der Waals surface area contributed by atoms with Crippen molar-refractivity contribution in [1.82, 2.24) is 10.7 Å². The zero-order valence-electron chi connectivity index (χ0n) is 15.3. The number of nitrogens with one attached hydrogen (secondary N) is 2. The number of hydrogen-bond donors (Lipinski definition) is 2. The zero-order valence-corrected chi connectivity index (χ0v) is 16.1. The largest absolute Gasteiger partial charge is 0.349 e. The second kappa shape index (κ2) is 9.61. The summed E-state index contributed by atoms with van der Waals surface area (Å²) < 4.78 is 0. The van der Waals surface area contributed by atoms with Crippen molar-refractivity contribution < 1.29 is 14.5 Å². The molecule has 0 saturated carbocycles. The van der Waals surface area contributed by atoms with Crippen LogP contribution in [0, 0.1) is 10.1 Å². The lowest BCUT2D eigenvalue weighted by atomic mass is 10.1. The summed E-state index contributed by atoms with van der Waals surface area (Å²) in [5.41, 5.74) is 3.52. The summed E-state index contributed by atoms with van der Waals surface area (Å²) in [6.07, 6.45) is 0.0124. The number of halogens is 1. The van der Waals surface area contributed by atoms with Gasteiger partial charge < -0.3 is 5.32 Å². The van der Waals surface area contributed by atoms with Crippen molar-refractivity contribution >= 4 is 34.8 Å². The summed E-state index contributed by atoms with van der Waals surface area (Å²) in [7, 11) is 0. The highest BCUT2D eigenvalue weighted by Crippen LogP contribution is 2.24. The Morgan fingerprint density at radius 2 is 1.89 bits per heavy atom. The molecule has 0 bridgehead atoms. The van der Waals surface area contributed by atoms with Crippen LogP contribution in [0.3, 0.4) is 0 Å². The van der Waals surface area contributed by atoms with Gasteiger partial charge in [-0.1, -0.05) is 41.9 Å². The minimum absolute atomic E-state index is 0.0124. The van der Waals surface area contributed by atoms with Crippen LogP contribution in [-0.4, -0.2) is 22.4 Å². The molecule has 0 fully saturated rings. The number of nitro benzene ring substituents is 1. The van der Waals surface area contributed by atoms with Crippen molar-refractivity contribution in [3.8, 4) is 0 Å². The lowest BCUT2D eigenvalue weighted by Gasteiger charge is -2.14. The lowest BCUT2D eigenvalue weighted by molar-refractivity contribution is -0.384. The molecule has 1 atom stereocenters. The highest BCUT2D eigenvalue weighted by atomic mass is 35.5. The van der Waals surface area contributed by atoms with E-state index in [1.165, 1.54) is 12.1 Å². The summed E-state index contributed by atoms with van der Waals surface area (Å²) in [5.74, 6) is -0.820. The second-order valence-corrected chi connectivity index (χ2v) is 6.50. The van der Waals surface area contributed by atoms with Gasteiger partial charge in [0, 0.05) is 17.3 Å². The Labute approximate surface area is 166 Å². The van der Waals surface area contributed by atoms with E-state index in [-0.39, 0.29) is 34.6 Å². The van der Waals surface area contributed by atoms with Crippen molar-refractivity contribution in [3.63, 3.8) is 0 Å². The molecule has 0 spiro atoms. The summed E-state index contributed by atoms with van der Waals surface area (Å²) in [5, 5.41) is 17.3. The van der Waals surface area contributed by atoms with Gasteiger partial charge in [-0.2, -0.15) is 5.10 Å². The van der Waals surface area contributed by atoms with E-state index in [0.29, 0.717) is 5.71 Å². The summed E-state index contributed by atoms with van der Waals surface area (Å²) in [4.78, 5) is 34.3. The van der Waals surface area contributed by atoms with Crippen LogP contribution in [0.15, 0.2) is 53.6 Å². The van der Waals surface area contributed by atoms with Crippen LogP contribution >= 0.6 is 11.6 Å². The van der Waals surface area contributed by atoms with E-state index in [4.69, 9.17) is 11.6 Å². The van der Waals surface area contributed by atoms with Gasteiger partial charge in [0.15, 0.2) is 0 Å². The maximum Gasteiger partial charge on any atom is 0.287 e. The third kappa shape index (κ3) is 5.88. The first-order valence-corrected chi connectivity index (χ1v) is 8.77. The van der Waals surface area contributed by atoms with Crippen LogP contribution < -0.4 is 10.7 Å². The van der Waals surface area contributed by atoms with Gasteiger partial charge >= 0.3 is 0 Å². The SMILES string of the molecule is CC(CC(=O)N[C@H](C)c1ccccc1)=NNC(=O)c1ccc([N+](=O)[O-])c(Cl)c1. The zero-order chi connectivity index (χ0) is 20.7. The van der Waals surface area contributed by atoms with E-state index in [1.54, 1.807) is 6.92 Å². The Balaban J connectivity index is 1.91. The van der Waals surface area contributed by atoms with Crippen LogP contribution in [0.2, 0.25) is 5.02 Å². The average Bonchev–Trinajstić information content (AvgIpc) is 2.66. The van der Waals surface area contributed by atoms with E-state index in [1.807, 2.05) is 37.3 Å². The van der Waals surface area contributed by atoms with Gasteiger partial charge in [-0.25, -0.2) is 5.43 Å². The second-order valence-electron chi connectivity index (χ2n) is 6.09. The van der Waals surface area contributed by atoms with Gasteiger partial charge in [0.25, 0.3) is 11.6 Å². The van der Waals surface area contributed by atoms with E-state index in [9.17, 15) is 19.7 Å². The third-order valence-corrected chi connectivity index (χ3v) is 4.15. The highest BCUT2D eigenvalue weighted by molar-refractivity contribution is 6.33. The standard InChI is InChI=1S/C19H19ClN4O4/c1-12(10-18(25)21-13(2)14-6-4-3-5-7-14)22-23-19(26)15-8-9-17(24(27)28)16(20)11-15/h3-9,11,13H,10H2,1-2H3,(H,21,25)(H,23,26)/t13-/m1/s1. The fraction of sp³-hybridized carbons (Fsp3) is 0.211. The van der Waals surface area contributed by atoms with Crippen molar-refractivity contribution in [2.24, 2.45) is 5.10 Å². The normalized spacial score (nSPS) is 12.2. The van der Waals surface area contributed by atoms with Gasteiger partial charge in [0.2, 0.25) is 5.91 Å². The predicted octanol–water partition coefficient (Wildman–Crippen LogP) is 3.62. The number of nitrogens with zero attached hydrogens (tertiary/aromatic N) is 2. The molecule has 0 aromatic heterocycles. The van der Waals surface area contributed by atoms with Crippen LogP contribution in [0.1, 0.15) is 42.2 Å². The summed E-state index contributed by atoms with van der Waals surface area (Å²) in [6, 6.07) is 13.0. The Morgan fingerprint density at radius 1 is 1.21 bits per heavy atom. The molecule has 0 aliphatic rings. The minimum atomic E-state index is -0.638. The minimum Gasteiger partial charge on any atom is -0.349 e. The number of benzene rings is 2. The molecule has 2 amide bonds. The molecular weight excluding hydrogens is 384 g/mol. The molecule has 0 aliphatic carbocycles.